The van der Waals surface area contributed by atoms with Crippen molar-refractivity contribution in [1.82, 2.24) is 14.9 Å². The topological polar surface area (TPSA) is 50.2 Å². The van der Waals surface area contributed by atoms with Crippen molar-refractivity contribution in [1.29, 1.82) is 0 Å². The van der Waals surface area contributed by atoms with Gasteiger partial charge in [0.15, 0.2) is 0 Å². The van der Waals surface area contributed by atoms with E-state index in [2.05, 4.69) is 14.9 Å². The first-order valence-electron chi connectivity index (χ1n) is 7.33. The van der Waals surface area contributed by atoms with E-state index in [-0.39, 0.29) is 5.91 Å². The number of nitrogens with zero attached hydrogens (tertiary/aromatic N) is 3. The number of carbonyl (C=O) groups excluding carboxylic acids is 1. The zero-order chi connectivity index (χ0) is 14.7. The number of anilines is 1. The summed E-state index contributed by atoms with van der Waals surface area (Å²) in [6, 6.07) is 7.99. The van der Waals surface area contributed by atoms with Crippen LogP contribution < -0.4 is 10.2 Å². The summed E-state index contributed by atoms with van der Waals surface area (Å²) >= 11 is 0. The van der Waals surface area contributed by atoms with E-state index in [4.69, 9.17) is 0 Å². The third-order valence-corrected chi connectivity index (χ3v) is 4.04. The Hall–Kier alpha value is -2.14. The second kappa shape index (κ2) is 6.10. The predicted molar refractivity (Wildman–Crippen MR) is 82.5 cm³/mol. The van der Waals surface area contributed by atoms with Gasteiger partial charge in [-0.25, -0.2) is 0 Å². The fourth-order valence-corrected chi connectivity index (χ4v) is 2.82. The first kappa shape index (κ1) is 13.8. The minimum atomic E-state index is 0.00605. The summed E-state index contributed by atoms with van der Waals surface area (Å²) in [4.78, 5) is 18.5. The standard InChI is InChI=1S/C16H20N4O/c1-19(14-4-2-8-18-12-14)16(21)15-5-3-11-20(15)13-6-9-17-10-7-13/h2-5,8,11-13,17H,6-7,9-10H2,1H3. The van der Waals surface area contributed by atoms with Gasteiger partial charge in [0, 0.05) is 25.5 Å². The molecule has 110 valence electrons. The lowest BCUT2D eigenvalue weighted by Gasteiger charge is -2.27. The van der Waals surface area contributed by atoms with Gasteiger partial charge in [-0.3, -0.25) is 9.78 Å². The van der Waals surface area contributed by atoms with Gasteiger partial charge in [0.2, 0.25) is 0 Å². The van der Waals surface area contributed by atoms with E-state index < -0.39 is 0 Å². The van der Waals surface area contributed by atoms with Crippen molar-refractivity contribution in [3.8, 4) is 0 Å². The smallest absolute Gasteiger partial charge is 0.274 e. The van der Waals surface area contributed by atoms with E-state index in [1.165, 1.54) is 0 Å². The lowest BCUT2D eigenvalue weighted by molar-refractivity contribution is 0.0980. The molecule has 0 bridgehead atoms. The first-order valence-corrected chi connectivity index (χ1v) is 7.33. The molecular weight excluding hydrogens is 264 g/mol. The minimum absolute atomic E-state index is 0.00605. The van der Waals surface area contributed by atoms with Gasteiger partial charge in [-0.15, -0.1) is 0 Å². The number of aromatic nitrogens is 2. The zero-order valence-corrected chi connectivity index (χ0v) is 12.2. The third kappa shape index (κ3) is 2.83. The zero-order valence-electron chi connectivity index (χ0n) is 12.2. The molecule has 1 aliphatic rings. The van der Waals surface area contributed by atoms with Gasteiger partial charge < -0.3 is 14.8 Å². The summed E-state index contributed by atoms with van der Waals surface area (Å²) in [6.07, 6.45) is 7.55. The van der Waals surface area contributed by atoms with Crippen molar-refractivity contribution >= 4 is 11.6 Å². The Labute approximate surface area is 124 Å². The van der Waals surface area contributed by atoms with Gasteiger partial charge >= 0.3 is 0 Å². The maximum Gasteiger partial charge on any atom is 0.274 e. The normalized spacial score (nSPS) is 15.9. The van der Waals surface area contributed by atoms with Crippen LogP contribution in [0.25, 0.3) is 0 Å². The van der Waals surface area contributed by atoms with Crippen LogP contribution in [0.2, 0.25) is 0 Å². The predicted octanol–water partition coefficient (Wildman–Crippen LogP) is 2.08. The SMILES string of the molecule is CN(C(=O)c1cccn1C1CCNCC1)c1cccnc1. The van der Waals surface area contributed by atoms with E-state index in [0.717, 1.165) is 37.3 Å². The lowest BCUT2D eigenvalue weighted by Crippen LogP contribution is -2.33. The number of nitrogens with one attached hydrogen (secondary N) is 1. The molecule has 0 unspecified atom stereocenters. The maximum absolute atomic E-state index is 12.7. The molecule has 1 fully saturated rings. The van der Waals surface area contributed by atoms with Crippen LogP contribution in [-0.2, 0) is 0 Å². The lowest BCUT2D eigenvalue weighted by atomic mass is 10.1. The summed E-state index contributed by atoms with van der Waals surface area (Å²) in [5.74, 6) is 0.00605. The van der Waals surface area contributed by atoms with Gasteiger partial charge in [-0.1, -0.05) is 0 Å². The number of hydrogen-bond acceptors (Lipinski definition) is 3. The average molecular weight is 284 g/mol. The molecule has 1 aliphatic heterocycles. The maximum atomic E-state index is 12.7. The van der Waals surface area contributed by atoms with Crippen LogP contribution in [0.4, 0.5) is 5.69 Å². The molecule has 1 saturated heterocycles. The Morgan fingerprint density at radius 2 is 2.14 bits per heavy atom. The molecule has 0 aliphatic carbocycles. The summed E-state index contributed by atoms with van der Waals surface area (Å²) in [7, 11) is 1.79. The molecule has 2 aromatic rings. The molecular formula is C16H20N4O. The van der Waals surface area contributed by atoms with Crippen molar-refractivity contribution in [2.45, 2.75) is 18.9 Å². The molecule has 0 radical (unpaired) electrons. The number of carbonyl (C=O) groups is 1. The Morgan fingerprint density at radius 1 is 1.33 bits per heavy atom. The van der Waals surface area contributed by atoms with Crippen LogP contribution in [0.3, 0.4) is 0 Å². The quantitative estimate of drug-likeness (QED) is 0.939. The van der Waals surface area contributed by atoms with E-state index >= 15 is 0 Å². The molecule has 0 atom stereocenters. The van der Waals surface area contributed by atoms with Gasteiger partial charge in [-0.2, -0.15) is 0 Å². The van der Waals surface area contributed by atoms with Crippen molar-refractivity contribution in [2.75, 3.05) is 25.0 Å². The van der Waals surface area contributed by atoms with Crippen molar-refractivity contribution in [3.63, 3.8) is 0 Å². The van der Waals surface area contributed by atoms with E-state index in [0.29, 0.717) is 6.04 Å². The molecule has 5 heteroatoms. The summed E-state index contributed by atoms with van der Waals surface area (Å²) in [5, 5.41) is 3.36. The number of piperidine rings is 1. The fourth-order valence-electron chi connectivity index (χ4n) is 2.82. The highest BCUT2D eigenvalue weighted by atomic mass is 16.2. The summed E-state index contributed by atoms with van der Waals surface area (Å²) in [5.41, 5.74) is 1.55. The van der Waals surface area contributed by atoms with E-state index in [1.54, 1.807) is 24.3 Å². The van der Waals surface area contributed by atoms with Crippen LogP contribution in [0.5, 0.6) is 0 Å². The van der Waals surface area contributed by atoms with Gasteiger partial charge in [-0.05, 0) is 50.2 Å². The highest BCUT2D eigenvalue weighted by Crippen LogP contribution is 2.23. The van der Waals surface area contributed by atoms with E-state index in [1.807, 2.05) is 30.5 Å². The monoisotopic (exact) mass is 284 g/mol. The second-order valence-electron chi connectivity index (χ2n) is 5.36. The van der Waals surface area contributed by atoms with Crippen LogP contribution in [-0.4, -0.2) is 35.6 Å². The number of rotatable bonds is 3. The number of hydrogen-bond donors (Lipinski definition) is 1. The van der Waals surface area contributed by atoms with Gasteiger partial charge in [0.05, 0.1) is 11.9 Å². The Kier molecular flexibility index (Phi) is 4.01. The molecule has 5 nitrogen and oxygen atoms in total. The molecule has 0 saturated carbocycles. The molecule has 1 amide bonds. The number of amides is 1. The Balaban J connectivity index is 1.83. The van der Waals surface area contributed by atoms with Crippen LogP contribution in [0.15, 0.2) is 42.9 Å². The molecule has 3 rings (SSSR count). The summed E-state index contributed by atoms with van der Waals surface area (Å²) in [6.45, 7) is 2.02. The largest absolute Gasteiger partial charge is 0.340 e. The Morgan fingerprint density at radius 3 is 2.86 bits per heavy atom. The second-order valence-corrected chi connectivity index (χ2v) is 5.36. The first-order chi connectivity index (χ1) is 10.3. The van der Waals surface area contributed by atoms with Crippen molar-refractivity contribution < 1.29 is 4.79 Å². The molecule has 0 spiro atoms. The third-order valence-electron chi connectivity index (χ3n) is 4.04. The number of pyridine rings is 1. The van der Waals surface area contributed by atoms with Crippen LogP contribution in [0.1, 0.15) is 29.4 Å². The van der Waals surface area contributed by atoms with E-state index in [9.17, 15) is 4.79 Å². The average Bonchev–Trinajstić information content (AvgIpc) is 3.04. The molecule has 3 heterocycles. The molecule has 1 N–H and O–H groups in total. The highest BCUT2D eigenvalue weighted by molar-refractivity contribution is 6.04. The van der Waals surface area contributed by atoms with Crippen LogP contribution >= 0.6 is 0 Å². The summed E-state index contributed by atoms with van der Waals surface area (Å²) < 4.78 is 2.12. The van der Waals surface area contributed by atoms with Gasteiger partial charge in [0.25, 0.3) is 5.91 Å². The highest BCUT2D eigenvalue weighted by Gasteiger charge is 2.22. The van der Waals surface area contributed by atoms with Crippen molar-refractivity contribution in [2.24, 2.45) is 0 Å². The molecule has 0 aromatic carbocycles. The van der Waals surface area contributed by atoms with Crippen molar-refractivity contribution in [3.05, 3.63) is 48.5 Å². The van der Waals surface area contributed by atoms with Gasteiger partial charge in [0.1, 0.15) is 5.69 Å². The van der Waals surface area contributed by atoms with Crippen LogP contribution in [0, 0.1) is 0 Å². The Bertz CT molecular complexity index is 602. The molecule has 2 aromatic heterocycles. The minimum Gasteiger partial charge on any atom is -0.340 e. The fraction of sp³-hybridized carbons (Fsp3) is 0.375. The molecule has 21 heavy (non-hydrogen) atoms.